The van der Waals surface area contributed by atoms with E-state index in [4.69, 9.17) is 0 Å². The predicted molar refractivity (Wildman–Crippen MR) is 86.1 cm³/mol. The maximum absolute atomic E-state index is 10.8. The van der Waals surface area contributed by atoms with E-state index in [9.17, 15) is 10.1 Å². The van der Waals surface area contributed by atoms with E-state index in [0.717, 1.165) is 16.6 Å². The van der Waals surface area contributed by atoms with Crippen molar-refractivity contribution in [3.63, 3.8) is 0 Å². The monoisotopic (exact) mass is 362 g/mol. The smallest absolute Gasteiger partial charge is 0.270 e. The third kappa shape index (κ3) is 4.98. The van der Waals surface area contributed by atoms with Crippen molar-refractivity contribution in [1.29, 1.82) is 0 Å². The standard InChI is InChI=1S/C12H15BrN2O2S2/c13-10-3-9(4-11(5-10)15(16)17)6-14-7-12-8-18-1-2-19-12/h3-5,12,14H,1-2,6-8H2. The van der Waals surface area contributed by atoms with Gasteiger partial charge in [0.15, 0.2) is 0 Å². The van der Waals surface area contributed by atoms with Gasteiger partial charge in [0.1, 0.15) is 0 Å². The normalized spacial score (nSPS) is 19.3. The first-order valence-electron chi connectivity index (χ1n) is 5.99. The molecule has 1 fully saturated rings. The summed E-state index contributed by atoms with van der Waals surface area (Å²) in [5, 5.41) is 14.8. The number of hydrogen-bond donors (Lipinski definition) is 1. The molecule has 0 radical (unpaired) electrons. The molecule has 19 heavy (non-hydrogen) atoms. The lowest BCUT2D eigenvalue weighted by Gasteiger charge is -2.21. The number of nitro benzene ring substituents is 1. The number of hydrogen-bond acceptors (Lipinski definition) is 5. The third-order valence-electron chi connectivity index (χ3n) is 2.74. The molecule has 0 aliphatic carbocycles. The number of non-ortho nitro benzene ring substituents is 1. The highest BCUT2D eigenvalue weighted by atomic mass is 79.9. The second kappa shape index (κ2) is 7.52. The molecule has 1 saturated heterocycles. The van der Waals surface area contributed by atoms with Gasteiger partial charge in [-0.05, 0) is 11.6 Å². The van der Waals surface area contributed by atoms with Crippen LogP contribution in [0, 0.1) is 10.1 Å². The molecule has 0 spiro atoms. The molecule has 0 aromatic heterocycles. The Hall–Kier alpha value is -0.240. The van der Waals surface area contributed by atoms with E-state index in [1.165, 1.54) is 23.3 Å². The van der Waals surface area contributed by atoms with Crippen LogP contribution in [0.25, 0.3) is 0 Å². The molecule has 1 N–H and O–H groups in total. The van der Waals surface area contributed by atoms with Gasteiger partial charge in [0.25, 0.3) is 5.69 Å². The van der Waals surface area contributed by atoms with Crippen LogP contribution in [0.3, 0.4) is 0 Å². The summed E-state index contributed by atoms with van der Waals surface area (Å²) in [5.41, 5.74) is 1.07. The number of thioether (sulfide) groups is 2. The minimum atomic E-state index is -0.359. The van der Waals surface area contributed by atoms with Crippen LogP contribution in [-0.2, 0) is 6.54 Å². The number of nitrogens with zero attached hydrogens (tertiary/aromatic N) is 1. The average Bonchev–Trinajstić information content (AvgIpc) is 2.39. The Bertz CT molecular complexity index is 453. The van der Waals surface area contributed by atoms with Crippen LogP contribution in [0.2, 0.25) is 0 Å². The predicted octanol–water partition coefficient (Wildman–Crippen LogP) is 3.30. The third-order valence-corrected chi connectivity index (χ3v) is 6.04. The number of nitro groups is 1. The molecule has 0 bridgehead atoms. The van der Waals surface area contributed by atoms with Crippen LogP contribution in [0.15, 0.2) is 22.7 Å². The first kappa shape index (κ1) is 15.2. The zero-order chi connectivity index (χ0) is 13.7. The van der Waals surface area contributed by atoms with Gasteiger partial charge in [0.05, 0.1) is 4.92 Å². The molecule has 1 aliphatic rings. The van der Waals surface area contributed by atoms with Gasteiger partial charge in [0.2, 0.25) is 0 Å². The minimum absolute atomic E-state index is 0.133. The zero-order valence-electron chi connectivity index (χ0n) is 10.3. The Morgan fingerprint density at radius 3 is 2.95 bits per heavy atom. The van der Waals surface area contributed by atoms with Crippen LogP contribution >= 0.6 is 39.5 Å². The summed E-state index contributed by atoms with van der Waals surface area (Å²) < 4.78 is 0.751. The van der Waals surface area contributed by atoms with Crippen LogP contribution in [-0.4, -0.2) is 34.0 Å². The fourth-order valence-electron chi connectivity index (χ4n) is 1.87. The summed E-state index contributed by atoms with van der Waals surface area (Å²) in [4.78, 5) is 10.4. The van der Waals surface area contributed by atoms with Gasteiger partial charge in [0, 0.05) is 52.2 Å². The molecule has 104 valence electrons. The Balaban J connectivity index is 1.86. The van der Waals surface area contributed by atoms with E-state index in [1.54, 1.807) is 6.07 Å². The molecule has 2 rings (SSSR count). The SMILES string of the molecule is O=[N+]([O-])c1cc(Br)cc(CNCC2CSCCS2)c1. The van der Waals surface area contributed by atoms with Crippen LogP contribution in [0.4, 0.5) is 5.69 Å². The second-order valence-electron chi connectivity index (χ2n) is 4.27. The molecular weight excluding hydrogens is 348 g/mol. The molecule has 4 nitrogen and oxygen atoms in total. The van der Waals surface area contributed by atoms with Gasteiger partial charge in [-0.1, -0.05) is 15.9 Å². The van der Waals surface area contributed by atoms with Gasteiger partial charge < -0.3 is 5.32 Å². The highest BCUT2D eigenvalue weighted by molar-refractivity contribution is 9.10. The van der Waals surface area contributed by atoms with E-state index in [2.05, 4.69) is 21.2 Å². The van der Waals surface area contributed by atoms with Gasteiger partial charge in [-0.2, -0.15) is 23.5 Å². The van der Waals surface area contributed by atoms with Crippen molar-refractivity contribution < 1.29 is 4.92 Å². The lowest BCUT2D eigenvalue weighted by atomic mass is 10.2. The average molecular weight is 363 g/mol. The minimum Gasteiger partial charge on any atom is -0.312 e. The highest BCUT2D eigenvalue weighted by Gasteiger charge is 2.14. The quantitative estimate of drug-likeness (QED) is 0.643. The van der Waals surface area contributed by atoms with Crippen LogP contribution in [0.5, 0.6) is 0 Å². The van der Waals surface area contributed by atoms with E-state index >= 15 is 0 Å². The van der Waals surface area contributed by atoms with Crippen LogP contribution in [0.1, 0.15) is 5.56 Å². The van der Waals surface area contributed by atoms with Gasteiger partial charge in [-0.3, -0.25) is 10.1 Å². The lowest BCUT2D eigenvalue weighted by Crippen LogP contribution is -2.28. The van der Waals surface area contributed by atoms with Crippen molar-refractivity contribution in [1.82, 2.24) is 5.32 Å². The Morgan fingerprint density at radius 2 is 2.26 bits per heavy atom. The molecule has 0 saturated carbocycles. The number of nitrogens with one attached hydrogen (secondary N) is 1. The molecule has 7 heteroatoms. The summed E-state index contributed by atoms with van der Waals surface area (Å²) in [5.74, 6) is 3.66. The molecule has 1 aliphatic heterocycles. The molecule has 1 unspecified atom stereocenters. The van der Waals surface area contributed by atoms with Gasteiger partial charge in [-0.25, -0.2) is 0 Å². The Kier molecular flexibility index (Phi) is 6.00. The fraction of sp³-hybridized carbons (Fsp3) is 0.500. The highest BCUT2D eigenvalue weighted by Crippen LogP contribution is 2.24. The molecule has 1 aromatic rings. The Morgan fingerprint density at radius 1 is 1.42 bits per heavy atom. The van der Waals surface area contributed by atoms with Gasteiger partial charge >= 0.3 is 0 Å². The lowest BCUT2D eigenvalue weighted by molar-refractivity contribution is -0.385. The fourth-order valence-corrected chi connectivity index (χ4v) is 5.05. The largest absolute Gasteiger partial charge is 0.312 e. The topological polar surface area (TPSA) is 55.2 Å². The van der Waals surface area contributed by atoms with Crippen molar-refractivity contribution in [3.05, 3.63) is 38.3 Å². The zero-order valence-corrected chi connectivity index (χ0v) is 13.5. The maximum atomic E-state index is 10.8. The summed E-state index contributed by atoms with van der Waals surface area (Å²) in [7, 11) is 0. The second-order valence-corrected chi connectivity index (χ2v) is 7.75. The van der Waals surface area contributed by atoms with E-state index in [1.807, 2.05) is 29.6 Å². The van der Waals surface area contributed by atoms with Crippen molar-refractivity contribution in [2.24, 2.45) is 0 Å². The van der Waals surface area contributed by atoms with Crippen molar-refractivity contribution in [2.45, 2.75) is 11.8 Å². The first-order valence-corrected chi connectivity index (χ1v) is 8.99. The first-order chi connectivity index (χ1) is 9.15. The van der Waals surface area contributed by atoms with Crippen molar-refractivity contribution in [3.8, 4) is 0 Å². The summed E-state index contributed by atoms with van der Waals surface area (Å²) in [6.45, 7) is 1.62. The molecule has 0 amide bonds. The summed E-state index contributed by atoms with van der Waals surface area (Å²) >= 11 is 7.32. The molecule has 1 heterocycles. The van der Waals surface area contributed by atoms with E-state index < -0.39 is 0 Å². The molecule has 1 aromatic carbocycles. The number of rotatable bonds is 5. The maximum Gasteiger partial charge on any atom is 0.270 e. The van der Waals surface area contributed by atoms with E-state index in [0.29, 0.717) is 11.8 Å². The molecular formula is C12H15BrN2O2S2. The van der Waals surface area contributed by atoms with Crippen LogP contribution < -0.4 is 5.32 Å². The Labute approximate surface area is 129 Å². The van der Waals surface area contributed by atoms with Crippen molar-refractivity contribution in [2.75, 3.05) is 23.8 Å². The van der Waals surface area contributed by atoms with Crippen molar-refractivity contribution >= 4 is 45.1 Å². The molecule has 1 atom stereocenters. The summed E-state index contributed by atoms with van der Waals surface area (Å²) in [6.07, 6.45) is 0. The van der Waals surface area contributed by atoms with Gasteiger partial charge in [-0.15, -0.1) is 0 Å². The number of halogens is 1. The van der Waals surface area contributed by atoms with E-state index in [-0.39, 0.29) is 10.6 Å². The summed E-state index contributed by atoms with van der Waals surface area (Å²) in [6, 6.07) is 5.07. The number of benzene rings is 1.